The fourth-order valence-electron chi connectivity index (χ4n) is 3.35. The summed E-state index contributed by atoms with van der Waals surface area (Å²) in [6.45, 7) is 0.939. The molecule has 2 aliphatic heterocycles. The van der Waals surface area contributed by atoms with E-state index < -0.39 is 39.9 Å². The summed E-state index contributed by atoms with van der Waals surface area (Å²) in [7, 11) is -4.21. The minimum Gasteiger partial charge on any atom is -0.506 e. The molecule has 28 heavy (non-hydrogen) atoms. The monoisotopic (exact) mass is 526 g/mol. The molecular weight excluding hydrogens is 506 g/mol. The molecule has 3 N–H and O–H groups in total. The van der Waals surface area contributed by atoms with Gasteiger partial charge in [-0.3, -0.25) is 9.59 Å². The van der Waals surface area contributed by atoms with Crippen molar-refractivity contribution in [3.05, 3.63) is 23.5 Å². The largest absolute Gasteiger partial charge is 0.506 e. The van der Waals surface area contributed by atoms with Crippen LogP contribution in [0.25, 0.3) is 0 Å². The molecule has 2 aliphatic rings. The fraction of sp³-hybridized carbons (Fsp3) is 0.500. The molecule has 12 heteroatoms. The van der Waals surface area contributed by atoms with Gasteiger partial charge in [-0.05, 0) is 30.5 Å². The number of nitrogens with zero attached hydrogens (tertiary/aromatic N) is 2. The Morgan fingerprint density at radius 1 is 1.43 bits per heavy atom. The van der Waals surface area contributed by atoms with Crippen LogP contribution < -0.4 is 14.3 Å². The minimum absolute atomic E-state index is 0.0475. The number of hydrogen-bond acceptors (Lipinski definition) is 6. The molecule has 2 heterocycles. The maximum Gasteiger partial charge on any atom is 0.326 e. The fourth-order valence-corrected chi connectivity index (χ4v) is 5.00. The van der Waals surface area contributed by atoms with Crippen molar-refractivity contribution in [2.75, 3.05) is 28.4 Å². The molecule has 0 radical (unpaired) electrons. The topological polar surface area (TPSA) is 119 Å². The molecule has 0 unspecified atom stereocenters. The highest BCUT2D eigenvalue weighted by atomic mass is 127. The van der Waals surface area contributed by atoms with Gasteiger partial charge in [0.15, 0.2) is 5.82 Å². The number of nitrogens with one attached hydrogen (secondary N) is 2. The molecule has 9 nitrogen and oxygen atoms in total. The zero-order chi connectivity index (χ0) is 20.5. The van der Waals surface area contributed by atoms with Crippen LogP contribution in [-0.4, -0.2) is 60.3 Å². The van der Waals surface area contributed by atoms with Crippen LogP contribution in [0.15, 0.2) is 12.1 Å². The number of alkyl halides is 1. The number of hydrogen-bond donors (Lipinski definition) is 3. The highest BCUT2D eigenvalue weighted by Crippen LogP contribution is 2.34. The number of amides is 2. The summed E-state index contributed by atoms with van der Waals surface area (Å²) in [6.07, 6.45) is 1.74. The van der Waals surface area contributed by atoms with E-state index in [-0.39, 0.29) is 18.5 Å². The number of phenolic OH excluding ortho intramolecular Hbond substituents is 1. The van der Waals surface area contributed by atoms with Gasteiger partial charge in [-0.1, -0.05) is 22.6 Å². The van der Waals surface area contributed by atoms with Crippen molar-refractivity contribution in [3.8, 4) is 5.75 Å². The summed E-state index contributed by atoms with van der Waals surface area (Å²) >= 11 is 2.03. The highest BCUT2D eigenvalue weighted by Gasteiger charge is 2.37. The van der Waals surface area contributed by atoms with Crippen molar-refractivity contribution in [2.45, 2.75) is 25.4 Å². The third-order valence-corrected chi connectivity index (χ3v) is 6.69. The van der Waals surface area contributed by atoms with Crippen LogP contribution in [0.5, 0.6) is 5.75 Å². The van der Waals surface area contributed by atoms with Crippen molar-refractivity contribution in [1.82, 2.24) is 14.9 Å². The first kappa shape index (κ1) is 21.0. The Bertz CT molecular complexity index is 874. The lowest BCUT2D eigenvalue weighted by molar-refractivity contribution is -0.129. The maximum absolute atomic E-state index is 14.5. The van der Waals surface area contributed by atoms with E-state index in [1.54, 1.807) is 9.62 Å². The third kappa shape index (κ3) is 4.49. The van der Waals surface area contributed by atoms with E-state index in [1.807, 2.05) is 22.6 Å². The Kier molecular flexibility index (Phi) is 6.29. The number of benzene rings is 1. The number of rotatable bonds is 5. The molecule has 1 atom stereocenters. The number of anilines is 1. The highest BCUT2D eigenvalue weighted by molar-refractivity contribution is 14.1. The molecular formula is C16H20FIN4O5S. The maximum atomic E-state index is 14.5. The predicted octanol–water partition coefficient (Wildman–Crippen LogP) is 0.228. The number of likely N-dealkylation sites (tertiary alicyclic amines) is 1. The van der Waals surface area contributed by atoms with Crippen LogP contribution in [0, 0.1) is 5.82 Å². The summed E-state index contributed by atoms with van der Waals surface area (Å²) in [6, 6.07) is 2.43. The van der Waals surface area contributed by atoms with E-state index in [1.165, 1.54) is 6.07 Å². The Hall–Kier alpha value is -1.67. The minimum atomic E-state index is -4.21. The van der Waals surface area contributed by atoms with Crippen LogP contribution >= 0.6 is 22.6 Å². The molecule has 1 aromatic rings. The zero-order valence-corrected chi connectivity index (χ0v) is 17.8. The van der Waals surface area contributed by atoms with E-state index in [0.29, 0.717) is 20.8 Å². The van der Waals surface area contributed by atoms with Gasteiger partial charge in [-0.2, -0.15) is 8.42 Å². The molecule has 0 spiro atoms. The number of halogens is 2. The van der Waals surface area contributed by atoms with Gasteiger partial charge in [0.1, 0.15) is 18.0 Å². The average molecular weight is 526 g/mol. The van der Waals surface area contributed by atoms with Crippen LogP contribution in [0.2, 0.25) is 0 Å². The Morgan fingerprint density at radius 2 is 2.18 bits per heavy atom. The van der Waals surface area contributed by atoms with Crippen molar-refractivity contribution in [2.24, 2.45) is 0 Å². The van der Waals surface area contributed by atoms with Crippen LogP contribution in [0.4, 0.5) is 10.1 Å². The SMILES string of the molecule is O=C1CN(c2c(O)cc(CN[C@H]3CCCN(C(=O)CI)C3)cc2F)S(=O)(=O)N1. The molecule has 1 aromatic carbocycles. The van der Waals surface area contributed by atoms with E-state index in [4.69, 9.17) is 0 Å². The quantitative estimate of drug-likeness (QED) is 0.374. The van der Waals surface area contributed by atoms with Crippen molar-refractivity contribution in [1.29, 1.82) is 0 Å². The van der Waals surface area contributed by atoms with Crippen molar-refractivity contribution in [3.63, 3.8) is 0 Å². The molecule has 0 aliphatic carbocycles. The smallest absolute Gasteiger partial charge is 0.326 e. The van der Waals surface area contributed by atoms with Gasteiger partial charge in [0.25, 0.3) is 5.91 Å². The predicted molar refractivity (Wildman–Crippen MR) is 108 cm³/mol. The Balaban J connectivity index is 1.70. The Labute approximate surface area is 175 Å². The number of carbonyl (C=O) groups is 2. The lowest BCUT2D eigenvalue weighted by Crippen LogP contribution is -2.48. The summed E-state index contributed by atoms with van der Waals surface area (Å²) in [5.74, 6) is -2.23. The zero-order valence-electron chi connectivity index (χ0n) is 14.8. The van der Waals surface area contributed by atoms with Gasteiger partial charge in [-0.25, -0.2) is 13.4 Å². The Morgan fingerprint density at radius 3 is 2.79 bits per heavy atom. The van der Waals surface area contributed by atoms with E-state index in [0.717, 1.165) is 25.5 Å². The first-order valence-corrected chi connectivity index (χ1v) is 11.6. The molecule has 0 bridgehead atoms. The van der Waals surface area contributed by atoms with Gasteiger partial charge in [-0.15, -0.1) is 0 Å². The molecule has 0 aromatic heterocycles. The normalized spacial score (nSPS) is 21.6. The number of aromatic hydroxyl groups is 1. The molecule has 2 amide bonds. The van der Waals surface area contributed by atoms with Gasteiger partial charge in [0.2, 0.25) is 5.91 Å². The standard InChI is InChI=1S/C16H20FIN4O5S/c17-12-4-10(7-19-11-2-1-3-21(8-11)15(25)6-18)5-13(23)16(12)22-9-14(24)20-28(22,26)27/h4-5,11,19,23H,1-3,6-9H2,(H,20,24)/t11-/m0/s1. The second-order valence-electron chi connectivity index (χ2n) is 6.68. The van der Waals surface area contributed by atoms with Crippen LogP contribution in [0.3, 0.4) is 0 Å². The number of carbonyl (C=O) groups excluding carboxylic acids is 2. The lowest BCUT2D eigenvalue weighted by atomic mass is 10.0. The van der Waals surface area contributed by atoms with Crippen molar-refractivity contribution >= 4 is 50.3 Å². The third-order valence-electron chi connectivity index (χ3n) is 4.66. The van der Waals surface area contributed by atoms with Gasteiger partial charge >= 0.3 is 10.2 Å². The summed E-state index contributed by atoms with van der Waals surface area (Å²) in [5, 5.41) is 13.4. The molecule has 2 saturated heterocycles. The van der Waals surface area contributed by atoms with Crippen LogP contribution in [-0.2, 0) is 26.3 Å². The van der Waals surface area contributed by atoms with Crippen LogP contribution in [0.1, 0.15) is 18.4 Å². The van der Waals surface area contributed by atoms with E-state index in [9.17, 15) is 27.5 Å². The van der Waals surface area contributed by atoms with Gasteiger partial charge in [0.05, 0.1) is 4.43 Å². The molecule has 2 fully saturated rings. The first-order chi connectivity index (χ1) is 13.2. The molecule has 3 rings (SSSR count). The number of phenols is 1. The van der Waals surface area contributed by atoms with Gasteiger partial charge < -0.3 is 15.3 Å². The van der Waals surface area contributed by atoms with E-state index in [2.05, 4.69) is 5.32 Å². The summed E-state index contributed by atoms with van der Waals surface area (Å²) in [5.41, 5.74) is -0.134. The molecule has 0 saturated carbocycles. The first-order valence-electron chi connectivity index (χ1n) is 8.63. The summed E-state index contributed by atoms with van der Waals surface area (Å²) < 4.78 is 40.9. The average Bonchev–Trinajstić information content (AvgIpc) is 2.91. The van der Waals surface area contributed by atoms with Gasteiger partial charge in [0, 0.05) is 25.7 Å². The second-order valence-corrected chi connectivity index (χ2v) is 9.03. The molecule has 154 valence electrons. The lowest BCUT2D eigenvalue weighted by Gasteiger charge is -2.33. The van der Waals surface area contributed by atoms with Crippen molar-refractivity contribution < 1.29 is 27.5 Å². The van der Waals surface area contributed by atoms with E-state index >= 15 is 0 Å². The number of piperidine rings is 1. The summed E-state index contributed by atoms with van der Waals surface area (Å²) in [4.78, 5) is 25.0. The second kappa shape index (κ2) is 8.37.